The lowest BCUT2D eigenvalue weighted by Gasteiger charge is -2.15. The minimum atomic E-state index is -2.92. The van der Waals surface area contributed by atoms with Crippen LogP contribution < -0.4 is 20.1 Å². The molecule has 0 fully saturated rings. The van der Waals surface area contributed by atoms with Crippen molar-refractivity contribution in [1.29, 1.82) is 0 Å². The van der Waals surface area contributed by atoms with Crippen LogP contribution in [0.3, 0.4) is 0 Å². The van der Waals surface area contributed by atoms with Crippen LogP contribution in [0.4, 0.5) is 8.78 Å². The van der Waals surface area contributed by atoms with Crippen LogP contribution in [0.5, 0.6) is 11.5 Å². The molecule has 2 aromatic rings. The monoisotopic (exact) mass is 510 g/mol. The maximum Gasteiger partial charge on any atom is 0.387 e. The molecular weight excluding hydrogens is 485 g/mol. The molecule has 8 nitrogen and oxygen atoms in total. The number of halogens is 3. The minimum absolute atomic E-state index is 0. The van der Waals surface area contributed by atoms with E-state index in [4.69, 9.17) is 4.74 Å². The molecule has 0 unspecified atom stereocenters. The number of ether oxygens (including phenoxy) is 2. The smallest absolute Gasteiger partial charge is 0.387 e. The first-order valence-electron chi connectivity index (χ1n) is 8.51. The Hall–Kier alpha value is -2.18. The quantitative estimate of drug-likeness (QED) is 0.307. The summed E-state index contributed by atoms with van der Waals surface area (Å²) in [4.78, 5) is 8.21. The van der Waals surface area contributed by atoms with E-state index in [1.165, 1.54) is 12.4 Å². The van der Waals surface area contributed by atoms with E-state index in [2.05, 4.69) is 30.4 Å². The van der Waals surface area contributed by atoms with Crippen LogP contribution in [-0.4, -0.2) is 41.0 Å². The Morgan fingerprint density at radius 2 is 2.04 bits per heavy atom. The first kappa shape index (κ1) is 23.9. The fourth-order valence-electron chi connectivity index (χ4n) is 2.24. The fourth-order valence-corrected chi connectivity index (χ4v) is 2.24. The number of hydrogen-bond acceptors (Lipinski definition) is 5. The molecule has 0 atom stereocenters. The molecule has 11 heteroatoms. The molecule has 0 saturated carbocycles. The standard InChI is InChI=1S/C17H24F2N6O2.HI/c1-4-7-26-13-6-5-12(14(8-13)27-16(18)19)9-21-17(20-2)22-10-15-23-11-24-25(15)3;/h5-6,8,11,16H,4,7,9-10H2,1-3H3,(H2,20,21,22);1H. The van der Waals surface area contributed by atoms with Gasteiger partial charge in [-0.05, 0) is 18.6 Å². The second-order valence-electron chi connectivity index (χ2n) is 5.58. The molecule has 1 heterocycles. The molecule has 0 aliphatic rings. The van der Waals surface area contributed by atoms with Gasteiger partial charge in [-0.25, -0.2) is 4.98 Å². The van der Waals surface area contributed by atoms with Gasteiger partial charge < -0.3 is 20.1 Å². The van der Waals surface area contributed by atoms with E-state index in [1.54, 1.807) is 30.9 Å². The highest BCUT2D eigenvalue weighted by Gasteiger charge is 2.12. The van der Waals surface area contributed by atoms with Crippen molar-refractivity contribution >= 4 is 29.9 Å². The zero-order chi connectivity index (χ0) is 19.6. The van der Waals surface area contributed by atoms with Crippen molar-refractivity contribution < 1.29 is 18.3 Å². The van der Waals surface area contributed by atoms with Crippen molar-refractivity contribution in [2.75, 3.05) is 13.7 Å². The summed E-state index contributed by atoms with van der Waals surface area (Å²) in [5.74, 6) is 1.78. The number of guanidine groups is 1. The van der Waals surface area contributed by atoms with Gasteiger partial charge in [-0.3, -0.25) is 9.67 Å². The summed E-state index contributed by atoms with van der Waals surface area (Å²) in [7, 11) is 3.40. The lowest BCUT2D eigenvalue weighted by Crippen LogP contribution is -2.37. The highest BCUT2D eigenvalue weighted by atomic mass is 127. The van der Waals surface area contributed by atoms with Gasteiger partial charge in [0.25, 0.3) is 0 Å². The number of nitrogens with zero attached hydrogens (tertiary/aromatic N) is 4. The lowest BCUT2D eigenvalue weighted by molar-refractivity contribution is -0.0505. The number of aryl methyl sites for hydroxylation is 1. The van der Waals surface area contributed by atoms with Crippen molar-refractivity contribution in [2.45, 2.75) is 33.0 Å². The zero-order valence-electron chi connectivity index (χ0n) is 16.0. The number of benzene rings is 1. The SMILES string of the molecule is CCCOc1ccc(CNC(=NC)NCc2ncnn2C)c(OC(F)F)c1.I. The molecule has 156 valence electrons. The van der Waals surface area contributed by atoms with Gasteiger partial charge in [0.15, 0.2) is 5.96 Å². The van der Waals surface area contributed by atoms with Crippen molar-refractivity contribution in [3.05, 3.63) is 35.9 Å². The zero-order valence-corrected chi connectivity index (χ0v) is 18.3. The van der Waals surface area contributed by atoms with Crippen molar-refractivity contribution in [2.24, 2.45) is 12.0 Å². The predicted octanol–water partition coefficient (Wildman–Crippen LogP) is 2.69. The topological polar surface area (TPSA) is 85.6 Å². The molecule has 2 rings (SSSR count). The Morgan fingerprint density at radius 3 is 2.64 bits per heavy atom. The first-order chi connectivity index (χ1) is 13.0. The molecular formula is C17H25F2IN6O2. The third kappa shape index (κ3) is 7.44. The highest BCUT2D eigenvalue weighted by Crippen LogP contribution is 2.26. The van der Waals surface area contributed by atoms with Gasteiger partial charge in [0.05, 0.1) is 13.2 Å². The van der Waals surface area contributed by atoms with Crippen LogP contribution >= 0.6 is 24.0 Å². The van der Waals surface area contributed by atoms with Crippen LogP contribution in [0, 0.1) is 0 Å². The van der Waals surface area contributed by atoms with Crippen LogP contribution in [0.25, 0.3) is 0 Å². The fraction of sp³-hybridized carbons (Fsp3) is 0.471. The van der Waals surface area contributed by atoms with Crippen molar-refractivity contribution in [3.8, 4) is 11.5 Å². The third-order valence-corrected chi connectivity index (χ3v) is 3.62. The molecule has 1 aromatic carbocycles. The summed E-state index contributed by atoms with van der Waals surface area (Å²) < 4.78 is 37.2. The molecule has 0 bridgehead atoms. The summed E-state index contributed by atoms with van der Waals surface area (Å²) in [6.07, 6.45) is 2.28. The Balaban J connectivity index is 0.00000392. The number of nitrogens with one attached hydrogen (secondary N) is 2. The Morgan fingerprint density at radius 1 is 1.29 bits per heavy atom. The van der Waals surface area contributed by atoms with Crippen LogP contribution in [0.2, 0.25) is 0 Å². The average molecular weight is 510 g/mol. The van der Waals surface area contributed by atoms with Gasteiger partial charge in [-0.15, -0.1) is 24.0 Å². The third-order valence-electron chi connectivity index (χ3n) is 3.62. The molecule has 0 saturated heterocycles. The van der Waals surface area contributed by atoms with Gasteiger partial charge in [0, 0.05) is 32.3 Å². The highest BCUT2D eigenvalue weighted by molar-refractivity contribution is 14.0. The van der Waals surface area contributed by atoms with E-state index >= 15 is 0 Å². The first-order valence-corrected chi connectivity index (χ1v) is 8.51. The van der Waals surface area contributed by atoms with E-state index < -0.39 is 6.61 Å². The predicted molar refractivity (Wildman–Crippen MR) is 112 cm³/mol. The Labute approximate surface area is 179 Å². The van der Waals surface area contributed by atoms with Crippen molar-refractivity contribution in [3.63, 3.8) is 0 Å². The number of aliphatic imine (C=N–C) groups is 1. The summed E-state index contributed by atoms with van der Waals surface area (Å²) in [5.41, 5.74) is 0.556. The minimum Gasteiger partial charge on any atom is -0.493 e. The van der Waals surface area contributed by atoms with E-state index in [0.29, 0.717) is 30.4 Å². The van der Waals surface area contributed by atoms with Crippen molar-refractivity contribution in [1.82, 2.24) is 25.4 Å². The van der Waals surface area contributed by atoms with Crippen LogP contribution in [0.1, 0.15) is 24.7 Å². The number of rotatable bonds is 9. The Kier molecular flexibility index (Phi) is 10.5. The number of alkyl halides is 2. The van der Waals surface area contributed by atoms with Gasteiger partial charge in [0.1, 0.15) is 23.7 Å². The molecule has 1 aromatic heterocycles. The lowest BCUT2D eigenvalue weighted by atomic mass is 10.2. The molecule has 0 spiro atoms. The van der Waals surface area contributed by atoms with Gasteiger partial charge >= 0.3 is 6.61 Å². The molecule has 0 radical (unpaired) electrons. The number of aromatic nitrogens is 3. The normalized spacial score (nSPS) is 11.1. The summed E-state index contributed by atoms with van der Waals surface area (Å²) >= 11 is 0. The van der Waals surface area contributed by atoms with E-state index in [1.807, 2.05) is 6.92 Å². The number of hydrogen-bond donors (Lipinski definition) is 2. The largest absolute Gasteiger partial charge is 0.493 e. The molecule has 28 heavy (non-hydrogen) atoms. The summed E-state index contributed by atoms with van der Waals surface area (Å²) in [6, 6.07) is 4.88. The Bertz CT molecular complexity index is 757. The maximum absolute atomic E-state index is 12.7. The van der Waals surface area contributed by atoms with Gasteiger partial charge in [-0.2, -0.15) is 13.9 Å². The van der Waals surface area contributed by atoms with Crippen LogP contribution in [-0.2, 0) is 20.1 Å². The molecule has 2 N–H and O–H groups in total. The van der Waals surface area contributed by atoms with E-state index in [9.17, 15) is 8.78 Å². The maximum atomic E-state index is 12.7. The van der Waals surface area contributed by atoms with Gasteiger partial charge in [-0.1, -0.05) is 6.92 Å². The van der Waals surface area contributed by atoms with Crippen LogP contribution in [0.15, 0.2) is 29.5 Å². The molecule has 0 aliphatic heterocycles. The van der Waals surface area contributed by atoms with Gasteiger partial charge in [0.2, 0.25) is 0 Å². The van der Waals surface area contributed by atoms with E-state index in [-0.39, 0.29) is 36.3 Å². The van der Waals surface area contributed by atoms with E-state index in [0.717, 1.165) is 12.2 Å². The molecule has 0 aliphatic carbocycles. The summed E-state index contributed by atoms with van der Waals surface area (Å²) in [5, 5.41) is 10.1. The summed E-state index contributed by atoms with van der Waals surface area (Å²) in [6.45, 7) is 0.215. The average Bonchev–Trinajstić information content (AvgIpc) is 3.05. The second kappa shape index (κ2) is 12.3. The second-order valence-corrected chi connectivity index (χ2v) is 5.58. The molecule has 0 amide bonds.